The van der Waals surface area contributed by atoms with E-state index in [1.165, 1.54) is 7.11 Å². The predicted molar refractivity (Wildman–Crippen MR) is 84.4 cm³/mol. The fourth-order valence-electron chi connectivity index (χ4n) is 1.45. The summed E-state index contributed by atoms with van der Waals surface area (Å²) in [6, 6.07) is 5.56. The zero-order valence-corrected chi connectivity index (χ0v) is 13.9. The van der Waals surface area contributed by atoms with Crippen LogP contribution in [0.2, 0.25) is 5.02 Å². The van der Waals surface area contributed by atoms with Crippen molar-refractivity contribution in [3.05, 3.63) is 27.7 Å². The molecule has 112 valence electrons. The summed E-state index contributed by atoms with van der Waals surface area (Å²) in [4.78, 5) is 12.3. The van der Waals surface area contributed by atoms with Crippen molar-refractivity contribution in [2.24, 2.45) is 0 Å². The van der Waals surface area contributed by atoms with Crippen molar-refractivity contribution >= 4 is 33.5 Å². The molecule has 1 aromatic heterocycles. The molecule has 1 heterocycles. The van der Waals surface area contributed by atoms with Gasteiger partial charge in [0, 0.05) is 11.0 Å². The van der Waals surface area contributed by atoms with E-state index < -0.39 is 0 Å². The monoisotopic (exact) mass is 372 g/mol. The number of rotatable bonds is 6. The van der Waals surface area contributed by atoms with E-state index in [4.69, 9.17) is 21.1 Å². The molecule has 0 radical (unpaired) electrons. The lowest BCUT2D eigenvalue weighted by atomic mass is 10.3. The van der Waals surface area contributed by atoms with Gasteiger partial charge in [-0.05, 0) is 24.6 Å². The first-order valence-corrected chi connectivity index (χ1v) is 7.46. The Morgan fingerprint density at radius 2 is 2.00 bits per heavy atom. The van der Waals surface area contributed by atoms with E-state index in [1.807, 2.05) is 13.0 Å². The van der Waals surface area contributed by atoms with Gasteiger partial charge in [0.2, 0.25) is 5.95 Å². The largest absolute Gasteiger partial charge is 0.467 e. The van der Waals surface area contributed by atoms with Crippen LogP contribution in [-0.4, -0.2) is 28.6 Å². The van der Waals surface area contributed by atoms with E-state index >= 15 is 0 Å². The fraction of sp³-hybridized carbons (Fsp3) is 0.308. The molecule has 0 bridgehead atoms. The molecule has 2 rings (SSSR count). The second-order valence-electron chi connectivity index (χ2n) is 4.03. The topological polar surface area (TPSA) is 69.2 Å². The summed E-state index contributed by atoms with van der Waals surface area (Å²) in [6.07, 6.45) is 0.947. The van der Waals surface area contributed by atoms with Gasteiger partial charge in [-0.3, -0.25) is 0 Å². The number of hydrogen-bond acceptors (Lipinski definition) is 6. The molecule has 0 unspecified atom stereocenters. The van der Waals surface area contributed by atoms with Gasteiger partial charge in [-0.15, -0.1) is 4.98 Å². The molecule has 1 N–H and O–H groups in total. The SMILES string of the molecule is CCCNc1nc(OC)nc(Oc2ccc(Br)cc2Cl)n1. The van der Waals surface area contributed by atoms with Crippen LogP contribution in [0.5, 0.6) is 17.8 Å². The molecule has 0 saturated heterocycles. The summed E-state index contributed by atoms with van der Waals surface area (Å²) in [6.45, 7) is 2.79. The first kappa shape index (κ1) is 15.8. The van der Waals surface area contributed by atoms with Crippen LogP contribution >= 0.6 is 27.5 Å². The molecule has 1 aromatic carbocycles. The van der Waals surface area contributed by atoms with Crippen molar-refractivity contribution in [1.82, 2.24) is 15.0 Å². The van der Waals surface area contributed by atoms with Gasteiger partial charge in [-0.25, -0.2) is 0 Å². The summed E-state index contributed by atoms with van der Waals surface area (Å²) in [5, 5.41) is 3.51. The first-order chi connectivity index (χ1) is 10.1. The van der Waals surface area contributed by atoms with Gasteiger partial charge in [-0.2, -0.15) is 9.97 Å². The fourth-order valence-corrected chi connectivity index (χ4v) is 2.16. The van der Waals surface area contributed by atoms with Crippen LogP contribution in [0.15, 0.2) is 22.7 Å². The number of anilines is 1. The molecule has 0 atom stereocenters. The van der Waals surface area contributed by atoms with Crippen molar-refractivity contribution in [1.29, 1.82) is 0 Å². The number of ether oxygens (including phenoxy) is 2. The van der Waals surface area contributed by atoms with Crippen LogP contribution in [-0.2, 0) is 0 Å². The summed E-state index contributed by atoms with van der Waals surface area (Å²) < 4.78 is 11.5. The minimum atomic E-state index is 0.115. The minimum absolute atomic E-state index is 0.115. The quantitative estimate of drug-likeness (QED) is 0.828. The molecule has 0 spiro atoms. The molecular weight excluding hydrogens is 360 g/mol. The summed E-state index contributed by atoms with van der Waals surface area (Å²) in [7, 11) is 1.48. The van der Waals surface area contributed by atoms with E-state index in [0.717, 1.165) is 17.4 Å². The summed E-state index contributed by atoms with van der Waals surface area (Å²) in [5.74, 6) is 0.849. The van der Waals surface area contributed by atoms with Gasteiger partial charge >= 0.3 is 12.0 Å². The molecule has 21 heavy (non-hydrogen) atoms. The Labute approximate surface area is 136 Å². The van der Waals surface area contributed by atoms with Crippen molar-refractivity contribution in [3.8, 4) is 17.8 Å². The van der Waals surface area contributed by atoms with Gasteiger partial charge in [0.15, 0.2) is 0 Å². The van der Waals surface area contributed by atoms with Crippen molar-refractivity contribution in [2.75, 3.05) is 19.0 Å². The van der Waals surface area contributed by atoms with E-state index in [-0.39, 0.29) is 12.0 Å². The minimum Gasteiger partial charge on any atom is -0.467 e. The maximum Gasteiger partial charge on any atom is 0.330 e. The summed E-state index contributed by atoms with van der Waals surface area (Å²) >= 11 is 9.44. The Hall–Kier alpha value is -1.60. The number of aromatic nitrogens is 3. The third kappa shape index (κ3) is 4.44. The normalized spacial score (nSPS) is 10.3. The van der Waals surface area contributed by atoms with Crippen LogP contribution in [0.1, 0.15) is 13.3 Å². The van der Waals surface area contributed by atoms with Crippen molar-refractivity contribution in [2.45, 2.75) is 13.3 Å². The zero-order valence-electron chi connectivity index (χ0n) is 11.6. The van der Waals surface area contributed by atoms with Crippen LogP contribution in [0.25, 0.3) is 0 Å². The predicted octanol–water partition coefficient (Wildman–Crippen LogP) is 3.91. The molecule has 0 aliphatic carbocycles. The highest BCUT2D eigenvalue weighted by Crippen LogP contribution is 2.30. The highest BCUT2D eigenvalue weighted by Gasteiger charge is 2.10. The molecule has 2 aromatic rings. The molecular formula is C13H14BrClN4O2. The Morgan fingerprint density at radius 3 is 2.67 bits per heavy atom. The number of benzene rings is 1. The molecule has 0 amide bonds. The van der Waals surface area contributed by atoms with Crippen LogP contribution in [0, 0.1) is 0 Å². The van der Waals surface area contributed by atoms with Crippen LogP contribution in [0.3, 0.4) is 0 Å². The molecule has 0 fully saturated rings. The third-order valence-electron chi connectivity index (χ3n) is 2.41. The van der Waals surface area contributed by atoms with Crippen molar-refractivity contribution in [3.63, 3.8) is 0 Å². The number of hydrogen-bond donors (Lipinski definition) is 1. The molecule has 0 aliphatic rings. The summed E-state index contributed by atoms with van der Waals surface area (Å²) in [5.41, 5.74) is 0. The maximum atomic E-state index is 6.10. The Morgan fingerprint density at radius 1 is 1.24 bits per heavy atom. The van der Waals surface area contributed by atoms with Crippen molar-refractivity contribution < 1.29 is 9.47 Å². The van der Waals surface area contributed by atoms with E-state index in [0.29, 0.717) is 16.7 Å². The lowest BCUT2D eigenvalue weighted by molar-refractivity contribution is 0.360. The van der Waals surface area contributed by atoms with Gasteiger partial charge in [0.1, 0.15) is 5.75 Å². The highest BCUT2D eigenvalue weighted by molar-refractivity contribution is 9.10. The van der Waals surface area contributed by atoms with Gasteiger partial charge < -0.3 is 14.8 Å². The lowest BCUT2D eigenvalue weighted by Gasteiger charge is -2.09. The van der Waals surface area contributed by atoms with Gasteiger partial charge in [0.05, 0.1) is 12.1 Å². The molecule has 0 saturated carbocycles. The number of nitrogens with one attached hydrogen (secondary N) is 1. The van der Waals surface area contributed by atoms with Gasteiger partial charge in [0.25, 0.3) is 0 Å². The van der Waals surface area contributed by atoms with Gasteiger partial charge in [-0.1, -0.05) is 34.5 Å². The van der Waals surface area contributed by atoms with Crippen LogP contribution in [0.4, 0.5) is 5.95 Å². The zero-order chi connectivity index (χ0) is 15.2. The Bertz CT molecular complexity index is 627. The first-order valence-electron chi connectivity index (χ1n) is 6.29. The molecule has 6 nitrogen and oxygen atoms in total. The second kappa shape index (κ2) is 7.42. The van der Waals surface area contributed by atoms with E-state index in [1.54, 1.807) is 12.1 Å². The van der Waals surface area contributed by atoms with E-state index in [9.17, 15) is 0 Å². The van der Waals surface area contributed by atoms with E-state index in [2.05, 4.69) is 36.2 Å². The highest BCUT2D eigenvalue weighted by atomic mass is 79.9. The lowest BCUT2D eigenvalue weighted by Crippen LogP contribution is -2.07. The third-order valence-corrected chi connectivity index (χ3v) is 3.19. The smallest absolute Gasteiger partial charge is 0.330 e. The Balaban J connectivity index is 2.25. The molecule has 8 heteroatoms. The maximum absolute atomic E-state index is 6.10. The average molecular weight is 374 g/mol. The second-order valence-corrected chi connectivity index (χ2v) is 5.35. The Kier molecular flexibility index (Phi) is 5.58. The number of methoxy groups -OCH3 is 1. The number of halogens is 2. The van der Waals surface area contributed by atoms with Crippen LogP contribution < -0.4 is 14.8 Å². The average Bonchev–Trinajstić information content (AvgIpc) is 2.48. The molecule has 0 aliphatic heterocycles. The number of nitrogens with zero attached hydrogens (tertiary/aromatic N) is 3. The standard InChI is InChI=1S/C13H14BrClN4O2/c1-3-6-16-11-17-12(20-2)19-13(18-11)21-10-5-4-8(14)7-9(10)15/h4-5,7H,3,6H2,1-2H3,(H,16,17,18,19).